The summed E-state index contributed by atoms with van der Waals surface area (Å²) in [5.41, 5.74) is 2.10. The van der Waals surface area contributed by atoms with Crippen LogP contribution in [0.25, 0.3) is 0 Å². The molecule has 0 aliphatic carbocycles. The van der Waals surface area contributed by atoms with Crippen LogP contribution in [0, 0.1) is 0 Å². The minimum atomic E-state index is 0.180. The van der Waals surface area contributed by atoms with Crippen molar-refractivity contribution in [3.8, 4) is 0 Å². The van der Waals surface area contributed by atoms with E-state index in [0.717, 1.165) is 30.3 Å². The van der Waals surface area contributed by atoms with Gasteiger partial charge in [-0.05, 0) is 42.9 Å². The van der Waals surface area contributed by atoms with Crippen LogP contribution in [0.2, 0.25) is 0 Å². The molecule has 1 aliphatic rings. The van der Waals surface area contributed by atoms with Crippen molar-refractivity contribution in [3.63, 3.8) is 0 Å². The first kappa shape index (κ1) is 14.6. The Morgan fingerprint density at radius 3 is 2.58 bits per heavy atom. The van der Waals surface area contributed by atoms with Crippen molar-refractivity contribution in [1.29, 1.82) is 0 Å². The number of hydrogen-bond acceptors (Lipinski definition) is 1. The SMILES string of the molecule is CC(C)c1ccc(C(=O)N2CCCCC2CBr)cc1. The Morgan fingerprint density at radius 1 is 1.32 bits per heavy atom. The van der Waals surface area contributed by atoms with Crippen LogP contribution < -0.4 is 0 Å². The number of nitrogens with zero attached hydrogens (tertiary/aromatic N) is 1. The molecule has 1 fully saturated rings. The number of likely N-dealkylation sites (tertiary alicyclic amines) is 1. The van der Waals surface area contributed by atoms with Crippen LogP contribution in [-0.2, 0) is 0 Å². The summed E-state index contributed by atoms with van der Waals surface area (Å²) in [6.07, 6.45) is 3.46. The normalized spacial score (nSPS) is 19.8. The van der Waals surface area contributed by atoms with Gasteiger partial charge in [-0.15, -0.1) is 0 Å². The highest BCUT2D eigenvalue weighted by atomic mass is 79.9. The fourth-order valence-electron chi connectivity index (χ4n) is 2.60. The molecule has 1 heterocycles. The molecule has 1 aromatic rings. The van der Waals surface area contributed by atoms with Crippen LogP contribution in [0.5, 0.6) is 0 Å². The maximum atomic E-state index is 12.6. The molecule has 0 N–H and O–H groups in total. The Balaban J connectivity index is 2.13. The van der Waals surface area contributed by atoms with Gasteiger partial charge in [-0.1, -0.05) is 41.9 Å². The molecule has 1 saturated heterocycles. The van der Waals surface area contributed by atoms with E-state index in [1.807, 2.05) is 17.0 Å². The Bertz CT molecular complexity index is 427. The summed E-state index contributed by atoms with van der Waals surface area (Å²) < 4.78 is 0. The van der Waals surface area contributed by atoms with E-state index in [0.29, 0.717) is 12.0 Å². The number of piperidine rings is 1. The lowest BCUT2D eigenvalue weighted by Crippen LogP contribution is -2.44. The van der Waals surface area contributed by atoms with Crippen molar-refractivity contribution in [2.75, 3.05) is 11.9 Å². The van der Waals surface area contributed by atoms with E-state index in [-0.39, 0.29) is 5.91 Å². The molecule has 104 valence electrons. The number of alkyl halides is 1. The quantitative estimate of drug-likeness (QED) is 0.763. The van der Waals surface area contributed by atoms with Crippen molar-refractivity contribution in [2.24, 2.45) is 0 Å². The fraction of sp³-hybridized carbons (Fsp3) is 0.562. The number of carbonyl (C=O) groups excluding carboxylic acids is 1. The average molecular weight is 324 g/mol. The molecule has 3 heteroatoms. The molecule has 0 spiro atoms. The second kappa shape index (κ2) is 6.56. The van der Waals surface area contributed by atoms with Crippen LogP contribution in [0.1, 0.15) is 54.9 Å². The Kier molecular flexibility index (Phi) is 5.03. The first-order valence-corrected chi connectivity index (χ1v) is 8.22. The van der Waals surface area contributed by atoms with E-state index >= 15 is 0 Å². The van der Waals surface area contributed by atoms with Crippen molar-refractivity contribution >= 4 is 21.8 Å². The highest BCUT2D eigenvalue weighted by Gasteiger charge is 2.26. The molecule has 1 atom stereocenters. The molecule has 1 aromatic carbocycles. The van der Waals surface area contributed by atoms with Crippen molar-refractivity contribution in [1.82, 2.24) is 4.90 Å². The number of amides is 1. The van der Waals surface area contributed by atoms with E-state index in [9.17, 15) is 4.79 Å². The zero-order valence-electron chi connectivity index (χ0n) is 11.7. The Hall–Kier alpha value is -0.830. The van der Waals surface area contributed by atoms with Gasteiger partial charge in [0.05, 0.1) is 0 Å². The van der Waals surface area contributed by atoms with Gasteiger partial charge in [0.15, 0.2) is 0 Å². The van der Waals surface area contributed by atoms with E-state index in [2.05, 4.69) is 41.9 Å². The van der Waals surface area contributed by atoms with Crippen LogP contribution >= 0.6 is 15.9 Å². The molecular weight excluding hydrogens is 302 g/mol. The van der Waals surface area contributed by atoms with Gasteiger partial charge in [-0.25, -0.2) is 0 Å². The molecular formula is C16H22BrNO. The summed E-state index contributed by atoms with van der Waals surface area (Å²) in [7, 11) is 0. The van der Waals surface area contributed by atoms with Gasteiger partial charge >= 0.3 is 0 Å². The first-order valence-electron chi connectivity index (χ1n) is 7.10. The predicted octanol–water partition coefficient (Wildman–Crippen LogP) is 4.20. The molecule has 0 bridgehead atoms. The zero-order chi connectivity index (χ0) is 13.8. The van der Waals surface area contributed by atoms with Gasteiger partial charge in [-0.3, -0.25) is 4.79 Å². The smallest absolute Gasteiger partial charge is 0.254 e. The summed E-state index contributed by atoms with van der Waals surface area (Å²) in [5.74, 6) is 0.689. The number of halogens is 1. The monoisotopic (exact) mass is 323 g/mol. The molecule has 19 heavy (non-hydrogen) atoms. The number of carbonyl (C=O) groups is 1. The third-order valence-electron chi connectivity index (χ3n) is 3.89. The maximum absolute atomic E-state index is 12.6. The van der Waals surface area contributed by atoms with Crippen molar-refractivity contribution in [3.05, 3.63) is 35.4 Å². The number of rotatable bonds is 3. The van der Waals surface area contributed by atoms with E-state index in [1.54, 1.807) is 0 Å². The summed E-state index contributed by atoms with van der Waals surface area (Å²) >= 11 is 3.53. The lowest BCUT2D eigenvalue weighted by molar-refractivity contribution is 0.0642. The molecule has 0 aromatic heterocycles. The minimum absolute atomic E-state index is 0.180. The molecule has 2 nitrogen and oxygen atoms in total. The first-order chi connectivity index (χ1) is 9.13. The average Bonchev–Trinajstić information content (AvgIpc) is 2.46. The lowest BCUT2D eigenvalue weighted by atomic mass is 9.99. The summed E-state index contributed by atoms with van der Waals surface area (Å²) in [4.78, 5) is 14.6. The highest BCUT2D eigenvalue weighted by molar-refractivity contribution is 9.09. The molecule has 1 aliphatic heterocycles. The second-order valence-electron chi connectivity index (χ2n) is 5.58. The fourth-order valence-corrected chi connectivity index (χ4v) is 3.28. The molecule has 2 rings (SSSR count). The zero-order valence-corrected chi connectivity index (χ0v) is 13.3. The molecule has 0 radical (unpaired) electrons. The maximum Gasteiger partial charge on any atom is 0.254 e. The lowest BCUT2D eigenvalue weighted by Gasteiger charge is -2.34. The van der Waals surface area contributed by atoms with Gasteiger partial charge in [0.1, 0.15) is 0 Å². The second-order valence-corrected chi connectivity index (χ2v) is 6.23. The third-order valence-corrected chi connectivity index (χ3v) is 4.64. The summed E-state index contributed by atoms with van der Waals surface area (Å²) in [6.45, 7) is 5.23. The van der Waals surface area contributed by atoms with Crippen LogP contribution in [0.4, 0.5) is 0 Å². The van der Waals surface area contributed by atoms with Crippen molar-refractivity contribution < 1.29 is 4.79 Å². The van der Waals surface area contributed by atoms with Gasteiger partial charge < -0.3 is 4.90 Å². The standard InChI is InChI=1S/C16H22BrNO/c1-12(2)13-6-8-14(9-7-13)16(19)18-10-4-3-5-15(18)11-17/h6-9,12,15H,3-5,10-11H2,1-2H3. The Morgan fingerprint density at radius 2 is 2.00 bits per heavy atom. The van der Waals surface area contributed by atoms with E-state index in [1.165, 1.54) is 12.0 Å². The molecule has 1 unspecified atom stereocenters. The van der Waals surface area contributed by atoms with Crippen LogP contribution in [-0.4, -0.2) is 28.7 Å². The highest BCUT2D eigenvalue weighted by Crippen LogP contribution is 2.22. The summed E-state index contributed by atoms with van der Waals surface area (Å²) in [6, 6.07) is 8.44. The molecule has 0 saturated carbocycles. The minimum Gasteiger partial charge on any atom is -0.335 e. The Labute approximate surface area is 124 Å². The third kappa shape index (κ3) is 3.38. The van der Waals surface area contributed by atoms with Crippen LogP contribution in [0.3, 0.4) is 0 Å². The molecule has 1 amide bonds. The van der Waals surface area contributed by atoms with Crippen LogP contribution in [0.15, 0.2) is 24.3 Å². The van der Waals surface area contributed by atoms with Crippen molar-refractivity contribution in [2.45, 2.75) is 45.1 Å². The number of hydrogen-bond donors (Lipinski definition) is 0. The van der Waals surface area contributed by atoms with Gasteiger partial charge in [0, 0.05) is 23.5 Å². The summed E-state index contributed by atoms with van der Waals surface area (Å²) in [5, 5.41) is 0.878. The predicted molar refractivity (Wildman–Crippen MR) is 83.0 cm³/mol. The van der Waals surface area contributed by atoms with Gasteiger partial charge in [-0.2, -0.15) is 0 Å². The topological polar surface area (TPSA) is 20.3 Å². The number of benzene rings is 1. The van der Waals surface area contributed by atoms with Gasteiger partial charge in [0.2, 0.25) is 0 Å². The largest absolute Gasteiger partial charge is 0.335 e. The van der Waals surface area contributed by atoms with E-state index < -0.39 is 0 Å². The van der Waals surface area contributed by atoms with Gasteiger partial charge in [0.25, 0.3) is 5.91 Å². The van der Waals surface area contributed by atoms with E-state index in [4.69, 9.17) is 0 Å².